The molecule has 1 heterocycles. The Labute approximate surface area is 77.0 Å². The van der Waals surface area contributed by atoms with Crippen LogP contribution in [0.5, 0.6) is 0 Å². The lowest BCUT2D eigenvalue weighted by atomic mass is 9.90. The van der Waals surface area contributed by atoms with E-state index in [4.69, 9.17) is 0 Å². The molecule has 2 atom stereocenters. The number of amides is 1. The summed E-state index contributed by atoms with van der Waals surface area (Å²) in [5.41, 5.74) is 0. The van der Waals surface area contributed by atoms with E-state index in [1.54, 1.807) is 0 Å². The Morgan fingerprint density at radius 3 is 3.00 bits per heavy atom. The lowest BCUT2D eigenvalue weighted by Crippen LogP contribution is -2.55. The van der Waals surface area contributed by atoms with E-state index in [0.29, 0.717) is 6.04 Å². The third-order valence-electron chi connectivity index (χ3n) is 2.70. The minimum absolute atomic E-state index is 0.116. The lowest BCUT2D eigenvalue weighted by Gasteiger charge is -2.47. The van der Waals surface area contributed by atoms with Gasteiger partial charge in [0.25, 0.3) is 0 Å². The topological polar surface area (TPSA) is 20.3 Å². The van der Waals surface area contributed by atoms with Gasteiger partial charge in [0.1, 0.15) is 0 Å². The van der Waals surface area contributed by atoms with Gasteiger partial charge in [0.15, 0.2) is 0 Å². The number of thioether (sulfide) groups is 1. The molecule has 0 radical (unpaired) electrons. The first-order valence-electron chi connectivity index (χ1n) is 4.37. The fraction of sp³-hybridized carbons (Fsp3) is 0.667. The molecule has 66 valence electrons. The fourth-order valence-electron chi connectivity index (χ4n) is 1.86. The molecule has 2 aliphatic rings. The summed E-state index contributed by atoms with van der Waals surface area (Å²) in [7, 11) is 0. The molecule has 12 heavy (non-hydrogen) atoms. The first-order chi connectivity index (χ1) is 5.83. The number of hydrogen-bond acceptors (Lipinski definition) is 2. The van der Waals surface area contributed by atoms with E-state index in [1.807, 2.05) is 16.7 Å². The van der Waals surface area contributed by atoms with Crippen LogP contribution in [0.1, 0.15) is 12.8 Å². The molecule has 3 heteroatoms. The van der Waals surface area contributed by atoms with Crippen LogP contribution in [0.15, 0.2) is 12.7 Å². The maximum atomic E-state index is 11.4. The minimum Gasteiger partial charge on any atom is -0.334 e. The highest BCUT2D eigenvalue weighted by Crippen LogP contribution is 2.39. The summed E-state index contributed by atoms with van der Waals surface area (Å²) < 4.78 is 0. The Balaban J connectivity index is 2.04. The van der Waals surface area contributed by atoms with Crippen molar-refractivity contribution in [2.45, 2.75) is 24.1 Å². The predicted molar refractivity (Wildman–Crippen MR) is 51.2 cm³/mol. The Hall–Kier alpha value is -0.440. The molecule has 0 N–H and O–H groups in total. The molecule has 0 spiro atoms. The van der Waals surface area contributed by atoms with Crippen molar-refractivity contribution in [1.82, 2.24) is 4.90 Å². The number of fused-ring (bicyclic) bond motifs is 1. The van der Waals surface area contributed by atoms with Crippen molar-refractivity contribution in [2.24, 2.45) is 0 Å². The summed E-state index contributed by atoms with van der Waals surface area (Å²) in [5.74, 6) is 1.21. The van der Waals surface area contributed by atoms with Gasteiger partial charge in [-0.1, -0.05) is 6.58 Å². The van der Waals surface area contributed by atoms with Crippen molar-refractivity contribution >= 4 is 17.7 Å². The summed E-state index contributed by atoms with van der Waals surface area (Å²) in [6.07, 6.45) is 3.92. The van der Waals surface area contributed by atoms with Crippen LogP contribution in [-0.2, 0) is 4.79 Å². The molecule has 1 saturated heterocycles. The second-order valence-electron chi connectivity index (χ2n) is 3.29. The quantitative estimate of drug-likeness (QED) is 0.571. The molecule has 0 aromatic rings. The molecule has 0 aromatic carbocycles. The second kappa shape index (κ2) is 3.13. The first-order valence-corrected chi connectivity index (χ1v) is 5.42. The predicted octanol–water partition coefficient (Wildman–Crippen LogP) is 1.28. The molecule has 2 rings (SSSR count). The third-order valence-corrected chi connectivity index (χ3v) is 4.09. The largest absolute Gasteiger partial charge is 0.334 e. The molecule has 1 amide bonds. The Kier molecular flexibility index (Phi) is 2.13. The Morgan fingerprint density at radius 1 is 1.58 bits per heavy atom. The molecule has 1 aliphatic heterocycles. The minimum atomic E-state index is 0.116. The van der Waals surface area contributed by atoms with Crippen LogP contribution >= 0.6 is 11.8 Å². The van der Waals surface area contributed by atoms with E-state index in [9.17, 15) is 4.79 Å². The zero-order valence-electron chi connectivity index (χ0n) is 7.03. The number of nitrogens with zero attached hydrogens (tertiary/aromatic N) is 1. The van der Waals surface area contributed by atoms with Gasteiger partial charge in [-0.15, -0.1) is 0 Å². The molecule has 2 nitrogen and oxygen atoms in total. The van der Waals surface area contributed by atoms with Gasteiger partial charge in [-0.2, -0.15) is 11.8 Å². The highest BCUT2D eigenvalue weighted by Gasteiger charge is 2.40. The van der Waals surface area contributed by atoms with Crippen molar-refractivity contribution < 1.29 is 4.79 Å². The van der Waals surface area contributed by atoms with E-state index in [2.05, 4.69) is 6.58 Å². The van der Waals surface area contributed by atoms with Crippen molar-refractivity contribution in [1.29, 1.82) is 0 Å². The highest BCUT2D eigenvalue weighted by molar-refractivity contribution is 8.00. The van der Waals surface area contributed by atoms with Crippen LogP contribution in [0, 0.1) is 0 Å². The first kappa shape index (κ1) is 8.17. The molecule has 2 unspecified atom stereocenters. The van der Waals surface area contributed by atoms with Gasteiger partial charge in [-0.3, -0.25) is 4.79 Å². The number of carbonyl (C=O) groups excluding carboxylic acids is 1. The van der Waals surface area contributed by atoms with E-state index in [1.165, 1.54) is 18.9 Å². The summed E-state index contributed by atoms with van der Waals surface area (Å²) in [5, 5.41) is 0.725. The Morgan fingerprint density at radius 2 is 2.42 bits per heavy atom. The van der Waals surface area contributed by atoms with E-state index >= 15 is 0 Å². The monoisotopic (exact) mass is 183 g/mol. The summed E-state index contributed by atoms with van der Waals surface area (Å²) >= 11 is 2.02. The van der Waals surface area contributed by atoms with Gasteiger partial charge in [0.2, 0.25) is 5.91 Å². The number of carbonyl (C=O) groups is 1. The lowest BCUT2D eigenvalue weighted by molar-refractivity contribution is -0.129. The van der Waals surface area contributed by atoms with Crippen LogP contribution < -0.4 is 0 Å². The van der Waals surface area contributed by atoms with Crippen LogP contribution in [0.3, 0.4) is 0 Å². The van der Waals surface area contributed by atoms with Gasteiger partial charge >= 0.3 is 0 Å². The molecule has 2 fully saturated rings. The number of rotatable bonds is 1. The SMILES string of the molecule is C=CC(=O)N1CCSC2CCC21. The van der Waals surface area contributed by atoms with Crippen LogP contribution in [0.4, 0.5) is 0 Å². The third kappa shape index (κ3) is 1.16. The van der Waals surface area contributed by atoms with Gasteiger partial charge in [-0.05, 0) is 18.9 Å². The number of hydrogen-bond donors (Lipinski definition) is 0. The molecule has 1 aliphatic carbocycles. The molecular formula is C9H13NOS. The van der Waals surface area contributed by atoms with Gasteiger partial charge in [0, 0.05) is 23.6 Å². The van der Waals surface area contributed by atoms with Crippen LogP contribution in [0.2, 0.25) is 0 Å². The average Bonchev–Trinajstić information content (AvgIpc) is 2.05. The second-order valence-corrected chi connectivity index (χ2v) is 4.64. The van der Waals surface area contributed by atoms with E-state index in [-0.39, 0.29) is 5.91 Å². The molecular weight excluding hydrogens is 170 g/mol. The van der Waals surface area contributed by atoms with Crippen LogP contribution in [0.25, 0.3) is 0 Å². The molecule has 1 saturated carbocycles. The normalized spacial score (nSPS) is 33.5. The zero-order valence-corrected chi connectivity index (χ0v) is 7.85. The van der Waals surface area contributed by atoms with Gasteiger partial charge in [0.05, 0.1) is 0 Å². The maximum Gasteiger partial charge on any atom is 0.246 e. The maximum absolute atomic E-state index is 11.4. The highest BCUT2D eigenvalue weighted by atomic mass is 32.2. The zero-order chi connectivity index (χ0) is 8.55. The van der Waals surface area contributed by atoms with Crippen molar-refractivity contribution in [3.8, 4) is 0 Å². The van der Waals surface area contributed by atoms with Crippen LogP contribution in [-0.4, -0.2) is 34.4 Å². The average molecular weight is 183 g/mol. The fourth-order valence-corrected chi connectivity index (χ4v) is 3.27. The molecule has 0 aromatic heterocycles. The summed E-state index contributed by atoms with van der Waals surface area (Å²) in [6, 6.07) is 0.522. The van der Waals surface area contributed by atoms with Crippen molar-refractivity contribution in [3.63, 3.8) is 0 Å². The van der Waals surface area contributed by atoms with Crippen molar-refractivity contribution in [3.05, 3.63) is 12.7 Å². The van der Waals surface area contributed by atoms with Gasteiger partial charge in [-0.25, -0.2) is 0 Å². The summed E-state index contributed by atoms with van der Waals surface area (Å²) in [6.45, 7) is 4.43. The standard InChI is InChI=1S/C9H13NOS/c1-2-9(11)10-5-6-12-8-4-3-7(8)10/h2,7-8H,1,3-6H2. The van der Waals surface area contributed by atoms with Crippen molar-refractivity contribution in [2.75, 3.05) is 12.3 Å². The smallest absolute Gasteiger partial charge is 0.246 e. The molecule has 0 bridgehead atoms. The Bertz CT molecular complexity index is 217. The summed E-state index contributed by atoms with van der Waals surface area (Å²) in [4.78, 5) is 13.3. The van der Waals surface area contributed by atoms with Gasteiger partial charge < -0.3 is 4.90 Å². The van der Waals surface area contributed by atoms with E-state index in [0.717, 1.165) is 17.5 Å². The van der Waals surface area contributed by atoms with E-state index < -0.39 is 0 Å².